The van der Waals surface area contributed by atoms with Crippen LogP contribution >= 0.6 is 0 Å². The van der Waals surface area contributed by atoms with Gasteiger partial charge in [-0.05, 0) is 37.1 Å². The molecule has 0 N–H and O–H groups in total. The monoisotopic (exact) mass is 260 g/mol. The molecule has 0 amide bonds. The maximum absolute atomic E-state index is 14.0. The summed E-state index contributed by atoms with van der Waals surface area (Å²) < 4.78 is 24.6. The second kappa shape index (κ2) is 5.74. The fourth-order valence-corrected chi connectivity index (χ4v) is 1.86. The predicted octanol–water partition coefficient (Wildman–Crippen LogP) is 4.03. The molecule has 0 aromatic heterocycles. The molecule has 3 heteroatoms. The highest BCUT2D eigenvalue weighted by Gasteiger charge is 2.09. The van der Waals surface area contributed by atoms with Crippen molar-refractivity contribution >= 4 is 0 Å². The van der Waals surface area contributed by atoms with Crippen LogP contribution in [-0.4, -0.2) is 7.11 Å². The number of halogens is 1. The van der Waals surface area contributed by atoms with Gasteiger partial charge in [0.1, 0.15) is 12.4 Å². The Bertz CT molecular complexity index is 579. The Labute approximate surface area is 112 Å². The summed E-state index contributed by atoms with van der Waals surface area (Å²) in [6, 6.07) is 10.9. The van der Waals surface area contributed by atoms with Gasteiger partial charge in [-0.1, -0.05) is 24.3 Å². The zero-order valence-corrected chi connectivity index (χ0v) is 11.4. The van der Waals surface area contributed by atoms with Gasteiger partial charge in [-0.3, -0.25) is 0 Å². The molecule has 0 bridgehead atoms. The third-order valence-corrected chi connectivity index (χ3v) is 3.20. The second-order valence-corrected chi connectivity index (χ2v) is 4.42. The number of hydrogen-bond donors (Lipinski definition) is 0. The van der Waals surface area contributed by atoms with E-state index in [-0.39, 0.29) is 18.2 Å². The first-order valence-electron chi connectivity index (χ1n) is 6.14. The molecule has 100 valence electrons. The lowest BCUT2D eigenvalue weighted by atomic mass is 10.1. The highest BCUT2D eigenvalue weighted by Crippen LogP contribution is 2.24. The van der Waals surface area contributed by atoms with Crippen LogP contribution in [0.15, 0.2) is 36.4 Å². The first-order chi connectivity index (χ1) is 9.13. The lowest BCUT2D eigenvalue weighted by Crippen LogP contribution is -2.01. The van der Waals surface area contributed by atoms with Crippen molar-refractivity contribution in [1.29, 1.82) is 0 Å². The Morgan fingerprint density at radius 2 is 1.68 bits per heavy atom. The molecule has 0 aliphatic carbocycles. The third-order valence-electron chi connectivity index (χ3n) is 3.20. The first-order valence-corrected chi connectivity index (χ1v) is 6.14. The fraction of sp³-hybridized carbons (Fsp3) is 0.250. The van der Waals surface area contributed by atoms with Gasteiger partial charge in [0, 0.05) is 5.56 Å². The number of methoxy groups -OCH3 is 1. The van der Waals surface area contributed by atoms with Crippen LogP contribution in [-0.2, 0) is 6.61 Å². The molecule has 2 aromatic carbocycles. The van der Waals surface area contributed by atoms with Gasteiger partial charge in [0.25, 0.3) is 0 Å². The van der Waals surface area contributed by atoms with Crippen molar-refractivity contribution in [3.05, 3.63) is 58.9 Å². The van der Waals surface area contributed by atoms with Gasteiger partial charge in [0.15, 0.2) is 11.6 Å². The van der Waals surface area contributed by atoms with Gasteiger partial charge < -0.3 is 9.47 Å². The zero-order valence-electron chi connectivity index (χ0n) is 11.4. The van der Waals surface area contributed by atoms with E-state index >= 15 is 0 Å². The fourth-order valence-electron chi connectivity index (χ4n) is 1.86. The van der Waals surface area contributed by atoms with Crippen LogP contribution in [0.5, 0.6) is 11.5 Å². The molecule has 0 spiro atoms. The van der Waals surface area contributed by atoms with Gasteiger partial charge in [0.2, 0.25) is 0 Å². The van der Waals surface area contributed by atoms with E-state index in [0.29, 0.717) is 5.56 Å². The smallest absolute Gasteiger partial charge is 0.171 e. The molecule has 0 heterocycles. The summed E-state index contributed by atoms with van der Waals surface area (Å²) in [7, 11) is 1.45. The van der Waals surface area contributed by atoms with Crippen LogP contribution in [0.2, 0.25) is 0 Å². The van der Waals surface area contributed by atoms with E-state index in [9.17, 15) is 4.39 Å². The van der Waals surface area contributed by atoms with Crippen molar-refractivity contribution in [2.45, 2.75) is 20.5 Å². The summed E-state index contributed by atoms with van der Waals surface area (Å²) in [6.45, 7) is 4.20. The molecule has 2 rings (SSSR count). The topological polar surface area (TPSA) is 18.5 Å². The molecule has 0 aliphatic heterocycles. The summed E-state index contributed by atoms with van der Waals surface area (Å²) in [5, 5.41) is 0. The molecular formula is C16H17FO2. The maximum Gasteiger partial charge on any atom is 0.171 e. The van der Waals surface area contributed by atoms with Crippen LogP contribution in [0, 0.1) is 19.7 Å². The van der Waals surface area contributed by atoms with Crippen molar-refractivity contribution in [2.75, 3.05) is 7.11 Å². The van der Waals surface area contributed by atoms with E-state index in [0.717, 1.165) is 16.9 Å². The van der Waals surface area contributed by atoms with Gasteiger partial charge in [-0.2, -0.15) is 0 Å². The Morgan fingerprint density at radius 3 is 2.42 bits per heavy atom. The molecule has 0 saturated carbocycles. The average Bonchev–Trinajstić information content (AvgIpc) is 2.42. The number of benzene rings is 2. The molecule has 2 aromatic rings. The van der Waals surface area contributed by atoms with Gasteiger partial charge in [-0.15, -0.1) is 0 Å². The molecule has 19 heavy (non-hydrogen) atoms. The highest BCUT2D eigenvalue weighted by atomic mass is 19.1. The predicted molar refractivity (Wildman–Crippen MR) is 73.2 cm³/mol. The second-order valence-electron chi connectivity index (χ2n) is 4.42. The minimum Gasteiger partial charge on any atom is -0.494 e. The Hall–Kier alpha value is -2.03. The van der Waals surface area contributed by atoms with Crippen LogP contribution in [0.1, 0.15) is 16.7 Å². The van der Waals surface area contributed by atoms with Crippen LogP contribution in [0.3, 0.4) is 0 Å². The summed E-state index contributed by atoms with van der Waals surface area (Å²) in [5.41, 5.74) is 2.72. The lowest BCUT2D eigenvalue weighted by molar-refractivity contribution is 0.293. The van der Waals surface area contributed by atoms with Gasteiger partial charge in [-0.25, -0.2) is 4.39 Å². The SMILES string of the molecule is COc1cccc(COc2cccc(C)c2C)c1F. The number of hydrogen-bond acceptors (Lipinski definition) is 2. The molecular weight excluding hydrogens is 243 g/mol. The summed E-state index contributed by atoms with van der Waals surface area (Å²) in [6.07, 6.45) is 0. The summed E-state index contributed by atoms with van der Waals surface area (Å²) in [5.74, 6) is 0.652. The van der Waals surface area contributed by atoms with Crippen LogP contribution in [0.4, 0.5) is 4.39 Å². The molecule has 0 radical (unpaired) electrons. The Balaban J connectivity index is 2.17. The zero-order chi connectivity index (χ0) is 13.8. The molecule has 0 fully saturated rings. The van der Waals surface area contributed by atoms with E-state index in [2.05, 4.69) is 0 Å². The van der Waals surface area contributed by atoms with Crippen LogP contribution in [0.25, 0.3) is 0 Å². The Kier molecular flexibility index (Phi) is 4.05. The van der Waals surface area contributed by atoms with Crippen molar-refractivity contribution in [2.24, 2.45) is 0 Å². The summed E-state index contributed by atoms with van der Waals surface area (Å²) in [4.78, 5) is 0. The van der Waals surface area contributed by atoms with Crippen molar-refractivity contribution < 1.29 is 13.9 Å². The standard InChI is InChI=1S/C16H17FO2/c1-11-6-4-8-14(12(11)2)19-10-13-7-5-9-15(18-3)16(13)17/h4-9H,10H2,1-3H3. The summed E-state index contributed by atoms with van der Waals surface area (Å²) >= 11 is 0. The maximum atomic E-state index is 14.0. The quantitative estimate of drug-likeness (QED) is 0.826. The minimum atomic E-state index is -0.365. The van der Waals surface area contributed by atoms with Crippen molar-refractivity contribution in [1.82, 2.24) is 0 Å². The largest absolute Gasteiger partial charge is 0.494 e. The minimum absolute atomic E-state index is 0.188. The van der Waals surface area contributed by atoms with Gasteiger partial charge in [0.05, 0.1) is 7.11 Å². The molecule has 0 unspecified atom stereocenters. The van der Waals surface area contributed by atoms with Crippen LogP contribution < -0.4 is 9.47 Å². The van der Waals surface area contributed by atoms with E-state index in [1.54, 1.807) is 18.2 Å². The Morgan fingerprint density at radius 1 is 1.00 bits per heavy atom. The van der Waals surface area contributed by atoms with E-state index in [4.69, 9.17) is 9.47 Å². The molecule has 0 aliphatic rings. The van der Waals surface area contributed by atoms with E-state index < -0.39 is 0 Å². The third kappa shape index (κ3) is 2.87. The highest BCUT2D eigenvalue weighted by molar-refractivity contribution is 5.38. The number of aryl methyl sites for hydroxylation is 1. The molecule has 2 nitrogen and oxygen atoms in total. The molecule has 0 saturated heterocycles. The number of ether oxygens (including phenoxy) is 2. The van der Waals surface area contributed by atoms with Crippen molar-refractivity contribution in [3.63, 3.8) is 0 Å². The molecule has 0 atom stereocenters. The first kappa shape index (κ1) is 13.4. The normalized spacial score (nSPS) is 10.3. The van der Waals surface area contributed by atoms with E-state index in [1.807, 2.05) is 32.0 Å². The van der Waals surface area contributed by atoms with E-state index in [1.165, 1.54) is 7.11 Å². The average molecular weight is 260 g/mol. The lowest BCUT2D eigenvalue weighted by Gasteiger charge is -2.12. The van der Waals surface area contributed by atoms with Crippen molar-refractivity contribution in [3.8, 4) is 11.5 Å². The number of rotatable bonds is 4. The van der Waals surface area contributed by atoms with Gasteiger partial charge >= 0.3 is 0 Å².